The van der Waals surface area contributed by atoms with Gasteiger partial charge in [-0.15, -0.1) is 0 Å². The van der Waals surface area contributed by atoms with Crippen LogP contribution in [0, 0.1) is 0 Å². The zero-order chi connectivity index (χ0) is 11.3. The van der Waals surface area contributed by atoms with Crippen molar-refractivity contribution >= 4 is 43.4 Å². The summed E-state index contributed by atoms with van der Waals surface area (Å²) in [5, 5.41) is 0.570. The Kier molecular flexibility index (Phi) is 6.73. The Hall–Kier alpha value is 0.869. The van der Waals surface area contributed by atoms with Gasteiger partial charge in [0, 0.05) is 0 Å². The molecule has 84 valence electrons. The Bertz CT molecular complexity index is 287. The van der Waals surface area contributed by atoms with Crippen LogP contribution in [0.15, 0.2) is 16.7 Å². The zero-order valence-electron chi connectivity index (χ0n) is 9.00. The van der Waals surface area contributed by atoms with Gasteiger partial charge < -0.3 is 0 Å². The second-order valence-corrected chi connectivity index (χ2v) is 10.5. The summed E-state index contributed by atoms with van der Waals surface area (Å²) in [4.78, 5) is 0. The summed E-state index contributed by atoms with van der Waals surface area (Å²) >= 11 is 5.29. The molecule has 1 aromatic heterocycles. The third kappa shape index (κ3) is 3.98. The molecule has 0 saturated carbocycles. The van der Waals surface area contributed by atoms with Crippen molar-refractivity contribution in [2.24, 2.45) is 5.73 Å². The fourth-order valence-electron chi connectivity index (χ4n) is 1.50. The summed E-state index contributed by atoms with van der Waals surface area (Å²) in [7, 11) is 0. The third-order valence-corrected chi connectivity index (χ3v) is 7.90. The molecule has 2 nitrogen and oxygen atoms in total. The van der Waals surface area contributed by atoms with Gasteiger partial charge in [-0.05, 0) is 0 Å². The molecule has 2 radical (unpaired) electrons. The zero-order valence-corrected chi connectivity index (χ0v) is 14.3. The molecular formula is C10H16BrNOSSn. The topological polar surface area (TPSA) is 39.2 Å². The molecule has 0 saturated heterocycles. The van der Waals surface area contributed by atoms with Gasteiger partial charge in [-0.1, -0.05) is 0 Å². The molecule has 0 amide bonds. The van der Waals surface area contributed by atoms with Crippen molar-refractivity contribution in [1.29, 1.82) is 0 Å². The number of hydrogen-bond donors (Lipinski definition) is 1. The number of halogens is 1. The first-order valence-electron chi connectivity index (χ1n) is 4.98. The van der Waals surface area contributed by atoms with Crippen LogP contribution in [-0.2, 0) is 0 Å². The monoisotopic (exact) mass is 397 g/mol. The van der Waals surface area contributed by atoms with Gasteiger partial charge in [0.1, 0.15) is 0 Å². The Morgan fingerprint density at radius 2 is 2.40 bits per heavy atom. The van der Waals surface area contributed by atoms with Crippen LogP contribution in [0.3, 0.4) is 0 Å². The van der Waals surface area contributed by atoms with E-state index in [1.54, 1.807) is 6.26 Å². The quantitative estimate of drug-likeness (QED) is 0.748. The standard InChI is InChI=1S/C10H16NOS.BrH.Sn/c1-4-13-8(3)9-5-6-12-10(9)7(2)11;;/h5-8H,3-4,11H2,1-2H3;1H;/q;;+1/p-1. The van der Waals surface area contributed by atoms with Crippen LogP contribution in [0.25, 0.3) is 0 Å². The van der Waals surface area contributed by atoms with Crippen molar-refractivity contribution in [2.45, 2.75) is 29.6 Å². The maximum atomic E-state index is 5.89. The van der Waals surface area contributed by atoms with Gasteiger partial charge in [0.15, 0.2) is 0 Å². The minimum absolute atomic E-state index is 0.00400. The summed E-state index contributed by atoms with van der Waals surface area (Å²) < 4.78 is 6.74. The molecule has 2 atom stereocenters. The fourth-order valence-corrected chi connectivity index (χ4v) is 8.60. The second kappa shape index (κ2) is 7.24. The summed E-state index contributed by atoms with van der Waals surface area (Å²) in [5.41, 5.74) is 7.19. The van der Waals surface area contributed by atoms with Gasteiger partial charge in [-0.25, -0.2) is 0 Å². The normalized spacial score (nSPS) is 15.2. The molecule has 0 aliphatic heterocycles. The van der Waals surface area contributed by atoms with E-state index in [-0.39, 0.29) is 25.0 Å². The van der Waals surface area contributed by atoms with Gasteiger partial charge in [0.2, 0.25) is 0 Å². The molecular weight excluding hydrogens is 381 g/mol. The predicted molar refractivity (Wildman–Crippen MR) is 71.7 cm³/mol. The maximum absolute atomic E-state index is 5.89. The van der Waals surface area contributed by atoms with E-state index >= 15 is 0 Å². The van der Waals surface area contributed by atoms with E-state index in [4.69, 9.17) is 10.2 Å². The van der Waals surface area contributed by atoms with Crippen molar-refractivity contribution in [2.75, 3.05) is 5.75 Å². The number of thioether (sulfide) groups is 1. The number of hydrogen-bond acceptors (Lipinski definition) is 3. The van der Waals surface area contributed by atoms with Crippen molar-refractivity contribution in [3.63, 3.8) is 0 Å². The molecule has 1 rings (SSSR count). The first-order valence-corrected chi connectivity index (χ1v) is 14.4. The second-order valence-electron chi connectivity index (χ2n) is 3.31. The molecule has 0 aliphatic rings. The van der Waals surface area contributed by atoms with Crippen LogP contribution in [0.2, 0.25) is 4.44 Å². The number of furan rings is 1. The number of rotatable bonds is 6. The van der Waals surface area contributed by atoms with Crippen LogP contribution < -0.4 is 5.73 Å². The Balaban J connectivity index is 2.84. The Morgan fingerprint density at radius 1 is 1.67 bits per heavy atom. The fraction of sp³-hybridized carbons (Fsp3) is 0.600. The van der Waals surface area contributed by atoms with E-state index in [0.717, 1.165) is 11.5 Å². The molecule has 2 unspecified atom stereocenters. The van der Waals surface area contributed by atoms with E-state index in [9.17, 15) is 0 Å². The molecule has 2 N–H and O–H groups in total. The van der Waals surface area contributed by atoms with E-state index in [1.165, 1.54) is 10.0 Å². The average molecular weight is 397 g/mol. The molecule has 0 aromatic carbocycles. The minimum atomic E-state index is -0.357. The molecule has 15 heavy (non-hydrogen) atoms. The molecule has 0 spiro atoms. The SMILES string of the molecule is CCSC([CH2][Sn][Br])c1ccoc1C(C)N. The van der Waals surface area contributed by atoms with Gasteiger partial charge in [-0.2, -0.15) is 0 Å². The van der Waals surface area contributed by atoms with E-state index < -0.39 is 0 Å². The summed E-state index contributed by atoms with van der Waals surface area (Å²) in [5.74, 6) is 2.10. The van der Waals surface area contributed by atoms with E-state index in [2.05, 4.69) is 25.7 Å². The van der Waals surface area contributed by atoms with E-state index in [1.807, 2.05) is 18.7 Å². The first kappa shape index (κ1) is 13.9. The molecule has 5 heteroatoms. The predicted octanol–water partition coefficient (Wildman–Crippen LogP) is 3.53. The van der Waals surface area contributed by atoms with Crippen LogP contribution >= 0.6 is 24.5 Å². The molecule has 0 fully saturated rings. The van der Waals surface area contributed by atoms with Crippen molar-refractivity contribution in [3.05, 3.63) is 23.7 Å². The summed E-state index contributed by atoms with van der Waals surface area (Å²) in [6.07, 6.45) is 1.76. The van der Waals surface area contributed by atoms with Crippen LogP contribution in [-0.4, -0.2) is 24.7 Å². The average Bonchev–Trinajstić information content (AvgIpc) is 2.65. The number of nitrogens with two attached hydrogens (primary N) is 1. The van der Waals surface area contributed by atoms with Crippen molar-refractivity contribution in [3.8, 4) is 0 Å². The molecule has 0 bridgehead atoms. The van der Waals surface area contributed by atoms with Crippen molar-refractivity contribution < 1.29 is 4.42 Å². The summed E-state index contributed by atoms with van der Waals surface area (Å²) in [6, 6.07) is 2.07. The van der Waals surface area contributed by atoms with Gasteiger partial charge in [0.25, 0.3) is 0 Å². The van der Waals surface area contributed by atoms with Crippen LogP contribution in [0.4, 0.5) is 0 Å². The molecule has 0 aliphatic carbocycles. The summed E-state index contributed by atoms with van der Waals surface area (Å²) in [6.45, 7) is 4.17. The van der Waals surface area contributed by atoms with Gasteiger partial charge >= 0.3 is 113 Å². The molecule has 1 aromatic rings. The van der Waals surface area contributed by atoms with Crippen molar-refractivity contribution in [1.82, 2.24) is 0 Å². The first-order chi connectivity index (χ1) is 7.20. The Labute approximate surface area is 112 Å². The van der Waals surface area contributed by atoms with Gasteiger partial charge in [-0.3, -0.25) is 0 Å². The molecule has 1 heterocycles. The van der Waals surface area contributed by atoms with Crippen LogP contribution in [0.5, 0.6) is 0 Å². The van der Waals surface area contributed by atoms with E-state index in [0.29, 0.717) is 5.25 Å². The van der Waals surface area contributed by atoms with Crippen LogP contribution in [0.1, 0.15) is 36.5 Å². The van der Waals surface area contributed by atoms with Gasteiger partial charge in [0.05, 0.1) is 0 Å². The third-order valence-electron chi connectivity index (χ3n) is 2.12. The Morgan fingerprint density at radius 3 is 2.93 bits per heavy atom.